The van der Waals surface area contributed by atoms with Crippen LogP contribution in [0.2, 0.25) is 0 Å². The van der Waals surface area contributed by atoms with Crippen molar-refractivity contribution in [3.8, 4) is 0 Å². The summed E-state index contributed by atoms with van der Waals surface area (Å²) < 4.78 is 5.26. The van der Waals surface area contributed by atoms with Crippen LogP contribution in [0.3, 0.4) is 0 Å². The Morgan fingerprint density at radius 1 is 1.92 bits per heavy atom. The van der Waals surface area contributed by atoms with Crippen LogP contribution in [-0.4, -0.2) is 22.8 Å². The summed E-state index contributed by atoms with van der Waals surface area (Å²) in [5, 5.41) is 8.41. The van der Waals surface area contributed by atoms with Gasteiger partial charge >= 0.3 is 5.97 Å². The van der Waals surface area contributed by atoms with Crippen LogP contribution < -0.4 is 0 Å². The zero-order valence-corrected chi connectivity index (χ0v) is 6.73. The third-order valence-corrected chi connectivity index (χ3v) is 2.26. The number of carboxylic acid groups (broad SMARTS) is 1. The molecule has 0 bridgehead atoms. The van der Waals surface area contributed by atoms with Crippen molar-refractivity contribution in [2.45, 2.75) is 18.1 Å². The van der Waals surface area contributed by atoms with Crippen LogP contribution in [0.15, 0.2) is 23.9 Å². The van der Waals surface area contributed by atoms with E-state index < -0.39 is 11.6 Å². The summed E-state index contributed by atoms with van der Waals surface area (Å²) in [6.45, 7) is 6.80. The molecule has 0 aromatic rings. The van der Waals surface area contributed by atoms with E-state index in [1.54, 1.807) is 6.08 Å². The quantitative estimate of drug-likeness (QED) is 0.388. The number of fused-ring (bicyclic) bond motifs is 1. The first-order valence-electron chi connectivity index (χ1n) is 3.85. The van der Waals surface area contributed by atoms with Crippen LogP contribution >= 0.6 is 0 Å². The highest BCUT2D eigenvalue weighted by Crippen LogP contribution is 2.51. The highest BCUT2D eigenvalue weighted by Gasteiger charge is 2.59. The largest absolute Gasteiger partial charge is 0.478 e. The van der Waals surface area contributed by atoms with E-state index in [0.29, 0.717) is 12.1 Å². The molecule has 2 atom stereocenters. The number of aliphatic carboxylic acids is 1. The van der Waals surface area contributed by atoms with E-state index in [1.165, 1.54) is 6.08 Å². The first-order chi connectivity index (χ1) is 6.18. The van der Waals surface area contributed by atoms with E-state index in [4.69, 9.17) is 16.4 Å². The van der Waals surface area contributed by atoms with Gasteiger partial charge in [0, 0.05) is 6.08 Å². The molecular formula is C9H7NO3. The molecule has 0 aromatic heterocycles. The number of hydrogen-bond donors (Lipinski definition) is 1. The predicted octanol–water partition coefficient (Wildman–Crippen LogP) is 0.972. The van der Waals surface area contributed by atoms with Gasteiger partial charge in [-0.1, -0.05) is 6.08 Å². The Bertz CT molecular complexity index is 364. The molecule has 0 aromatic carbocycles. The molecule has 2 aliphatic rings. The van der Waals surface area contributed by atoms with Gasteiger partial charge in [-0.25, -0.2) is 9.64 Å². The van der Waals surface area contributed by atoms with E-state index in [1.807, 2.05) is 0 Å². The van der Waals surface area contributed by atoms with E-state index >= 15 is 0 Å². The van der Waals surface area contributed by atoms with E-state index in [0.717, 1.165) is 6.08 Å². The predicted molar refractivity (Wildman–Crippen MR) is 43.7 cm³/mol. The molecule has 1 fully saturated rings. The molecule has 4 nitrogen and oxygen atoms in total. The van der Waals surface area contributed by atoms with E-state index in [-0.39, 0.29) is 6.10 Å². The molecule has 1 aliphatic carbocycles. The summed E-state index contributed by atoms with van der Waals surface area (Å²) in [6, 6.07) is 0. The number of hydrogen-bond acceptors (Lipinski definition) is 2. The Labute approximate surface area is 74.9 Å². The van der Waals surface area contributed by atoms with Crippen LogP contribution in [-0.2, 0) is 9.53 Å². The average Bonchev–Trinajstić information content (AvgIpc) is 2.71. The lowest BCUT2D eigenvalue weighted by molar-refractivity contribution is -0.131. The van der Waals surface area contributed by atoms with Gasteiger partial charge in [-0.15, -0.1) is 0 Å². The number of ether oxygens (including phenoxy) is 1. The average molecular weight is 177 g/mol. The van der Waals surface area contributed by atoms with Crippen molar-refractivity contribution in [2.75, 3.05) is 0 Å². The maximum Gasteiger partial charge on any atom is 0.328 e. The maximum atomic E-state index is 10.2. The number of carbonyl (C=O) groups is 1. The summed E-state index contributed by atoms with van der Waals surface area (Å²) in [5.74, 6) is -0.986. The van der Waals surface area contributed by atoms with Gasteiger partial charge in [0.15, 0.2) is 5.70 Å². The van der Waals surface area contributed by atoms with Gasteiger partial charge in [0.25, 0.3) is 0 Å². The number of carboxylic acids is 1. The zero-order chi connectivity index (χ0) is 9.47. The van der Waals surface area contributed by atoms with Crippen LogP contribution in [0.1, 0.15) is 6.42 Å². The fourth-order valence-electron chi connectivity index (χ4n) is 1.53. The molecule has 0 spiro atoms. The molecule has 0 amide bonds. The van der Waals surface area contributed by atoms with Crippen molar-refractivity contribution >= 4 is 5.97 Å². The van der Waals surface area contributed by atoms with E-state index in [9.17, 15) is 4.79 Å². The highest BCUT2D eigenvalue weighted by molar-refractivity contribution is 5.80. The Hall–Kier alpha value is -1.60. The first-order valence-corrected chi connectivity index (χ1v) is 3.85. The van der Waals surface area contributed by atoms with Crippen LogP contribution in [0.25, 0.3) is 4.85 Å². The van der Waals surface area contributed by atoms with Gasteiger partial charge in [0.1, 0.15) is 11.7 Å². The molecule has 2 rings (SSSR count). The molecule has 1 heterocycles. The summed E-state index contributed by atoms with van der Waals surface area (Å²) in [4.78, 5) is 13.5. The van der Waals surface area contributed by atoms with Gasteiger partial charge in [-0.05, 0) is 12.5 Å². The van der Waals surface area contributed by atoms with Crippen molar-refractivity contribution in [2.24, 2.45) is 0 Å². The highest BCUT2D eigenvalue weighted by atomic mass is 16.6. The SMILES string of the molecule is [C-]#[N+]C1=CCC2(C=CC(=O)O)OC12. The molecule has 66 valence electrons. The fourth-order valence-corrected chi connectivity index (χ4v) is 1.53. The fraction of sp³-hybridized carbons (Fsp3) is 0.333. The van der Waals surface area contributed by atoms with Crippen molar-refractivity contribution in [3.63, 3.8) is 0 Å². The topological polar surface area (TPSA) is 54.2 Å². The van der Waals surface area contributed by atoms with Gasteiger partial charge in [-0.3, -0.25) is 0 Å². The molecule has 13 heavy (non-hydrogen) atoms. The third-order valence-electron chi connectivity index (χ3n) is 2.26. The van der Waals surface area contributed by atoms with Crippen LogP contribution in [0, 0.1) is 6.57 Å². The lowest BCUT2D eigenvalue weighted by atomic mass is 10.1. The molecule has 0 radical (unpaired) electrons. The third kappa shape index (κ3) is 1.14. The minimum Gasteiger partial charge on any atom is -0.478 e. The van der Waals surface area contributed by atoms with Crippen molar-refractivity contribution in [1.82, 2.24) is 0 Å². The minimum atomic E-state index is -0.986. The molecule has 1 saturated heterocycles. The lowest BCUT2D eigenvalue weighted by Gasteiger charge is -1.97. The molecule has 1 N–H and O–H groups in total. The molecule has 0 saturated carbocycles. The van der Waals surface area contributed by atoms with Crippen molar-refractivity contribution in [3.05, 3.63) is 35.3 Å². The summed E-state index contributed by atoms with van der Waals surface area (Å²) in [6.07, 6.45) is 4.81. The van der Waals surface area contributed by atoms with Crippen LogP contribution in [0.4, 0.5) is 0 Å². The molecular weight excluding hydrogens is 170 g/mol. The monoisotopic (exact) mass is 177 g/mol. The normalized spacial score (nSPS) is 35.3. The van der Waals surface area contributed by atoms with Crippen molar-refractivity contribution < 1.29 is 14.6 Å². The maximum absolute atomic E-state index is 10.2. The van der Waals surface area contributed by atoms with Crippen molar-refractivity contribution in [1.29, 1.82) is 0 Å². The smallest absolute Gasteiger partial charge is 0.328 e. The second-order valence-electron chi connectivity index (χ2n) is 3.07. The standard InChI is InChI=1S/C9H7NO3/c1-10-6-2-4-9(8(6)13-9)5-3-7(11)12/h2-3,5,8H,4H2,(H,11,12). The van der Waals surface area contributed by atoms with Gasteiger partial charge in [-0.2, -0.15) is 0 Å². The second kappa shape index (κ2) is 2.44. The minimum absolute atomic E-state index is 0.194. The summed E-state index contributed by atoms with van der Waals surface area (Å²) >= 11 is 0. The Morgan fingerprint density at radius 2 is 2.69 bits per heavy atom. The van der Waals surface area contributed by atoms with Gasteiger partial charge in [0.05, 0.1) is 6.57 Å². The number of nitrogens with zero attached hydrogens (tertiary/aromatic N) is 1. The molecule has 1 aliphatic heterocycles. The zero-order valence-electron chi connectivity index (χ0n) is 6.73. The molecule has 2 unspecified atom stereocenters. The Balaban J connectivity index is 2.09. The van der Waals surface area contributed by atoms with Crippen LogP contribution in [0.5, 0.6) is 0 Å². The lowest BCUT2D eigenvalue weighted by Crippen LogP contribution is -2.06. The number of rotatable bonds is 2. The second-order valence-corrected chi connectivity index (χ2v) is 3.07. The van der Waals surface area contributed by atoms with Gasteiger partial charge < -0.3 is 9.84 Å². The number of epoxide rings is 1. The molecule has 4 heteroatoms. The first kappa shape index (κ1) is 8.02. The Morgan fingerprint density at radius 3 is 3.15 bits per heavy atom. The Kier molecular flexibility index (Phi) is 1.51. The summed E-state index contributed by atoms with van der Waals surface area (Å²) in [5.41, 5.74) is 0.0909. The van der Waals surface area contributed by atoms with E-state index in [2.05, 4.69) is 4.85 Å². The summed E-state index contributed by atoms with van der Waals surface area (Å²) in [7, 11) is 0. The van der Waals surface area contributed by atoms with Gasteiger partial charge in [0.2, 0.25) is 0 Å².